The third kappa shape index (κ3) is 7.69. The Morgan fingerprint density at radius 2 is 1.88 bits per heavy atom. The SMILES string of the molecule is COc1ccc(/C=C/C(=O)OCC(=O)NC(=O)NCC(C)C)c(OC)c1. The molecule has 0 radical (unpaired) electrons. The molecule has 0 aliphatic heterocycles. The van der Waals surface area contributed by atoms with Gasteiger partial charge in [-0.05, 0) is 24.1 Å². The lowest BCUT2D eigenvalue weighted by molar-refractivity contribution is -0.143. The van der Waals surface area contributed by atoms with Crippen LogP contribution in [0.25, 0.3) is 6.08 Å². The van der Waals surface area contributed by atoms with Crippen LogP contribution in [0, 0.1) is 5.92 Å². The molecule has 1 aromatic carbocycles. The summed E-state index contributed by atoms with van der Waals surface area (Å²) in [5, 5.41) is 4.59. The van der Waals surface area contributed by atoms with Crippen molar-refractivity contribution in [2.45, 2.75) is 13.8 Å². The van der Waals surface area contributed by atoms with E-state index in [1.54, 1.807) is 18.2 Å². The van der Waals surface area contributed by atoms with E-state index in [2.05, 4.69) is 10.6 Å². The highest BCUT2D eigenvalue weighted by atomic mass is 16.5. The molecule has 0 aliphatic carbocycles. The maximum Gasteiger partial charge on any atom is 0.331 e. The van der Waals surface area contributed by atoms with Gasteiger partial charge in [-0.1, -0.05) is 13.8 Å². The molecular formula is C18H24N2O6. The maximum absolute atomic E-state index is 11.7. The summed E-state index contributed by atoms with van der Waals surface area (Å²) in [6, 6.07) is 4.48. The highest BCUT2D eigenvalue weighted by molar-refractivity contribution is 5.96. The highest BCUT2D eigenvalue weighted by Gasteiger charge is 2.10. The van der Waals surface area contributed by atoms with Crippen LogP contribution in [0.2, 0.25) is 0 Å². The van der Waals surface area contributed by atoms with Gasteiger partial charge in [-0.2, -0.15) is 0 Å². The molecule has 0 aliphatic rings. The first-order valence-electron chi connectivity index (χ1n) is 8.00. The normalized spacial score (nSPS) is 10.5. The fraction of sp³-hybridized carbons (Fsp3) is 0.389. The van der Waals surface area contributed by atoms with Crippen molar-refractivity contribution in [3.05, 3.63) is 29.8 Å². The van der Waals surface area contributed by atoms with Gasteiger partial charge in [0.1, 0.15) is 11.5 Å². The number of hydrogen-bond donors (Lipinski definition) is 2. The Morgan fingerprint density at radius 1 is 1.15 bits per heavy atom. The van der Waals surface area contributed by atoms with Crippen molar-refractivity contribution in [3.63, 3.8) is 0 Å². The van der Waals surface area contributed by atoms with Crippen LogP contribution in [0.4, 0.5) is 4.79 Å². The number of amides is 3. The van der Waals surface area contributed by atoms with E-state index in [9.17, 15) is 14.4 Å². The zero-order valence-corrected chi connectivity index (χ0v) is 15.3. The molecule has 0 spiro atoms. The molecule has 0 bridgehead atoms. The van der Waals surface area contributed by atoms with Gasteiger partial charge in [0.25, 0.3) is 5.91 Å². The number of benzene rings is 1. The molecule has 2 N–H and O–H groups in total. The van der Waals surface area contributed by atoms with Crippen LogP contribution in [0.3, 0.4) is 0 Å². The summed E-state index contributed by atoms with van der Waals surface area (Å²) in [7, 11) is 3.04. The molecule has 0 fully saturated rings. The Kier molecular flexibility index (Phi) is 8.69. The van der Waals surface area contributed by atoms with E-state index in [0.717, 1.165) is 6.08 Å². The quantitative estimate of drug-likeness (QED) is 0.538. The summed E-state index contributed by atoms with van der Waals surface area (Å²) in [5.74, 6) is -0.0358. The Bertz CT molecular complexity index is 670. The fourth-order valence-corrected chi connectivity index (χ4v) is 1.80. The van der Waals surface area contributed by atoms with E-state index in [4.69, 9.17) is 14.2 Å². The van der Waals surface area contributed by atoms with Crippen LogP contribution in [-0.2, 0) is 14.3 Å². The van der Waals surface area contributed by atoms with E-state index in [-0.39, 0.29) is 5.92 Å². The lowest BCUT2D eigenvalue weighted by atomic mass is 10.2. The Balaban J connectivity index is 2.48. The average molecular weight is 364 g/mol. The van der Waals surface area contributed by atoms with E-state index in [1.165, 1.54) is 20.3 Å². The first kappa shape index (κ1) is 21.0. The van der Waals surface area contributed by atoms with Crippen LogP contribution in [0.15, 0.2) is 24.3 Å². The van der Waals surface area contributed by atoms with Crippen LogP contribution in [0.1, 0.15) is 19.4 Å². The standard InChI is InChI=1S/C18H24N2O6/c1-12(2)10-19-18(23)20-16(21)11-26-17(22)8-6-13-5-7-14(24-3)9-15(13)25-4/h5-9,12H,10-11H2,1-4H3,(H2,19,20,21,23)/b8-6+. The Morgan fingerprint density at radius 3 is 2.50 bits per heavy atom. The summed E-state index contributed by atoms with van der Waals surface area (Å²) in [6.07, 6.45) is 2.66. The molecule has 1 rings (SSSR count). The predicted octanol–water partition coefficient (Wildman–Crippen LogP) is 1.74. The van der Waals surface area contributed by atoms with Gasteiger partial charge in [-0.25, -0.2) is 9.59 Å². The third-order valence-electron chi connectivity index (χ3n) is 3.11. The number of methoxy groups -OCH3 is 2. The van der Waals surface area contributed by atoms with Crippen LogP contribution in [0.5, 0.6) is 11.5 Å². The number of nitrogens with one attached hydrogen (secondary N) is 2. The topological polar surface area (TPSA) is 103 Å². The van der Waals surface area contributed by atoms with Crippen molar-refractivity contribution >= 4 is 24.0 Å². The van der Waals surface area contributed by atoms with Crippen LogP contribution in [-0.4, -0.2) is 45.3 Å². The number of rotatable bonds is 8. The van der Waals surface area contributed by atoms with Gasteiger partial charge in [0.15, 0.2) is 6.61 Å². The van der Waals surface area contributed by atoms with Crippen molar-refractivity contribution in [1.82, 2.24) is 10.6 Å². The minimum absolute atomic E-state index is 0.258. The second-order valence-electron chi connectivity index (χ2n) is 5.70. The molecule has 8 heteroatoms. The summed E-state index contributed by atoms with van der Waals surface area (Å²) < 4.78 is 15.1. The monoisotopic (exact) mass is 364 g/mol. The minimum Gasteiger partial charge on any atom is -0.497 e. The lowest BCUT2D eigenvalue weighted by Crippen LogP contribution is -2.42. The molecular weight excluding hydrogens is 340 g/mol. The molecule has 3 amide bonds. The van der Waals surface area contributed by atoms with Crippen molar-refractivity contribution in [2.24, 2.45) is 5.92 Å². The van der Waals surface area contributed by atoms with Gasteiger partial charge >= 0.3 is 12.0 Å². The van der Waals surface area contributed by atoms with E-state index >= 15 is 0 Å². The lowest BCUT2D eigenvalue weighted by Gasteiger charge is -2.08. The molecule has 26 heavy (non-hydrogen) atoms. The minimum atomic E-state index is -0.722. The first-order chi connectivity index (χ1) is 12.3. The molecule has 0 saturated heterocycles. The predicted molar refractivity (Wildman–Crippen MR) is 95.9 cm³/mol. The number of hydrogen-bond acceptors (Lipinski definition) is 6. The summed E-state index contributed by atoms with van der Waals surface area (Å²) in [5.41, 5.74) is 0.641. The zero-order valence-electron chi connectivity index (χ0n) is 15.3. The number of imide groups is 1. The van der Waals surface area contributed by atoms with Crippen molar-refractivity contribution < 1.29 is 28.6 Å². The highest BCUT2D eigenvalue weighted by Crippen LogP contribution is 2.25. The number of urea groups is 1. The Hall–Kier alpha value is -3.03. The Labute approximate surface area is 152 Å². The van der Waals surface area contributed by atoms with E-state index in [1.807, 2.05) is 13.8 Å². The maximum atomic E-state index is 11.7. The second-order valence-corrected chi connectivity index (χ2v) is 5.70. The average Bonchev–Trinajstić information content (AvgIpc) is 2.62. The van der Waals surface area contributed by atoms with Crippen LogP contribution < -0.4 is 20.1 Å². The molecule has 8 nitrogen and oxygen atoms in total. The number of carbonyl (C=O) groups excluding carboxylic acids is 3. The molecule has 0 aromatic heterocycles. The van der Waals surface area contributed by atoms with E-state index < -0.39 is 24.5 Å². The smallest absolute Gasteiger partial charge is 0.331 e. The number of esters is 1. The second kappa shape index (κ2) is 10.8. The van der Waals surface area contributed by atoms with Crippen molar-refractivity contribution in [3.8, 4) is 11.5 Å². The molecule has 0 unspecified atom stereocenters. The van der Waals surface area contributed by atoms with Gasteiger partial charge < -0.3 is 19.5 Å². The zero-order chi connectivity index (χ0) is 19.5. The van der Waals surface area contributed by atoms with E-state index in [0.29, 0.717) is 23.6 Å². The molecule has 142 valence electrons. The largest absolute Gasteiger partial charge is 0.497 e. The summed E-state index contributed by atoms with van der Waals surface area (Å²) in [6.45, 7) is 3.73. The number of carbonyl (C=O) groups is 3. The molecule has 1 aromatic rings. The van der Waals surface area contributed by atoms with Crippen molar-refractivity contribution in [2.75, 3.05) is 27.4 Å². The van der Waals surface area contributed by atoms with Gasteiger partial charge in [-0.3, -0.25) is 10.1 Å². The van der Waals surface area contributed by atoms with Gasteiger partial charge in [0.05, 0.1) is 14.2 Å². The van der Waals surface area contributed by atoms with Crippen LogP contribution >= 0.6 is 0 Å². The summed E-state index contributed by atoms with van der Waals surface area (Å²) >= 11 is 0. The fourth-order valence-electron chi connectivity index (χ4n) is 1.80. The third-order valence-corrected chi connectivity index (χ3v) is 3.11. The molecule has 0 atom stereocenters. The van der Waals surface area contributed by atoms with Crippen molar-refractivity contribution in [1.29, 1.82) is 0 Å². The van der Waals surface area contributed by atoms with Gasteiger partial charge in [0.2, 0.25) is 0 Å². The van der Waals surface area contributed by atoms with Gasteiger partial charge in [-0.15, -0.1) is 0 Å². The number of ether oxygens (including phenoxy) is 3. The molecule has 0 heterocycles. The van der Waals surface area contributed by atoms with Gasteiger partial charge in [0, 0.05) is 24.3 Å². The molecule has 0 saturated carbocycles. The first-order valence-corrected chi connectivity index (χ1v) is 8.00. The summed E-state index contributed by atoms with van der Waals surface area (Å²) in [4.78, 5) is 34.6.